The van der Waals surface area contributed by atoms with Gasteiger partial charge in [0.05, 0.1) is 0 Å². The zero-order valence-corrected chi connectivity index (χ0v) is 14.1. The highest BCUT2D eigenvalue weighted by atomic mass is 15.2. The monoisotopic (exact) mass is 290 g/mol. The van der Waals surface area contributed by atoms with E-state index >= 15 is 0 Å². The molecule has 0 unspecified atom stereocenters. The lowest BCUT2D eigenvalue weighted by Crippen LogP contribution is -2.28. The average molecular weight is 290 g/mol. The summed E-state index contributed by atoms with van der Waals surface area (Å²) >= 11 is 0. The van der Waals surface area contributed by atoms with E-state index in [9.17, 15) is 0 Å². The van der Waals surface area contributed by atoms with Gasteiger partial charge in [0.1, 0.15) is 18.0 Å². The van der Waals surface area contributed by atoms with Gasteiger partial charge in [0, 0.05) is 25.2 Å². The molecule has 1 aromatic heterocycles. The summed E-state index contributed by atoms with van der Waals surface area (Å²) in [5.74, 6) is 2.17. The van der Waals surface area contributed by atoms with Gasteiger partial charge in [-0.05, 0) is 37.5 Å². The molecule has 2 rings (SSSR count). The summed E-state index contributed by atoms with van der Waals surface area (Å²) in [5.41, 5.74) is 1.75. The largest absolute Gasteiger partial charge is 0.370 e. The molecule has 1 aromatic rings. The Kier molecular flexibility index (Phi) is 5.43. The first kappa shape index (κ1) is 16.1. The van der Waals surface area contributed by atoms with E-state index < -0.39 is 0 Å². The van der Waals surface area contributed by atoms with E-state index in [0.717, 1.165) is 44.1 Å². The summed E-state index contributed by atoms with van der Waals surface area (Å²) in [6.45, 7) is 12.2. The number of hydrogen-bond acceptors (Lipinski definition) is 4. The maximum absolute atomic E-state index is 4.61. The predicted molar refractivity (Wildman–Crippen MR) is 90.0 cm³/mol. The molecule has 1 aliphatic heterocycles. The van der Waals surface area contributed by atoms with Crippen molar-refractivity contribution in [3.63, 3.8) is 0 Å². The topological polar surface area (TPSA) is 41.1 Å². The summed E-state index contributed by atoms with van der Waals surface area (Å²) in [5, 5.41) is 3.45. The number of nitrogens with one attached hydrogen (secondary N) is 1. The Morgan fingerprint density at radius 3 is 2.52 bits per heavy atom. The second-order valence-electron chi connectivity index (χ2n) is 6.18. The first-order chi connectivity index (χ1) is 10.2. The van der Waals surface area contributed by atoms with Gasteiger partial charge >= 0.3 is 0 Å². The highest BCUT2D eigenvalue weighted by Crippen LogP contribution is 2.39. The zero-order valence-electron chi connectivity index (χ0n) is 14.1. The second-order valence-corrected chi connectivity index (χ2v) is 6.18. The SMILES string of the molecule is CCCNc1ncnc(N2CCC(CC)(CC)C2)c1CC. The maximum Gasteiger partial charge on any atom is 0.137 e. The Morgan fingerprint density at radius 2 is 1.95 bits per heavy atom. The molecule has 0 aliphatic carbocycles. The van der Waals surface area contributed by atoms with E-state index in [2.05, 4.69) is 47.9 Å². The molecule has 0 atom stereocenters. The summed E-state index contributed by atoms with van der Waals surface area (Å²) in [4.78, 5) is 11.5. The summed E-state index contributed by atoms with van der Waals surface area (Å²) < 4.78 is 0. The normalized spacial score (nSPS) is 17.2. The van der Waals surface area contributed by atoms with Crippen LogP contribution in [0.1, 0.15) is 58.9 Å². The lowest BCUT2D eigenvalue weighted by Gasteiger charge is -2.27. The fraction of sp³-hybridized carbons (Fsp3) is 0.765. The van der Waals surface area contributed by atoms with Gasteiger partial charge in [-0.15, -0.1) is 0 Å². The molecule has 4 heteroatoms. The molecule has 21 heavy (non-hydrogen) atoms. The van der Waals surface area contributed by atoms with Gasteiger partial charge in [-0.3, -0.25) is 0 Å². The molecule has 118 valence electrons. The Labute approximate surface area is 129 Å². The zero-order chi connectivity index (χ0) is 15.3. The molecule has 0 saturated carbocycles. The van der Waals surface area contributed by atoms with Crippen molar-refractivity contribution in [3.8, 4) is 0 Å². The fourth-order valence-electron chi connectivity index (χ4n) is 3.34. The number of aromatic nitrogens is 2. The minimum Gasteiger partial charge on any atom is -0.370 e. The van der Waals surface area contributed by atoms with Crippen molar-refractivity contribution in [3.05, 3.63) is 11.9 Å². The van der Waals surface area contributed by atoms with E-state index in [1.54, 1.807) is 6.33 Å². The van der Waals surface area contributed by atoms with Gasteiger partial charge in [0.15, 0.2) is 0 Å². The smallest absolute Gasteiger partial charge is 0.137 e. The Bertz CT molecular complexity index is 454. The fourth-order valence-corrected chi connectivity index (χ4v) is 3.34. The molecule has 0 radical (unpaired) electrons. The van der Waals surface area contributed by atoms with Gasteiger partial charge in [0.25, 0.3) is 0 Å². The van der Waals surface area contributed by atoms with E-state index in [4.69, 9.17) is 0 Å². The summed E-state index contributed by atoms with van der Waals surface area (Å²) in [6.07, 6.45) is 7.60. The Hall–Kier alpha value is -1.32. The average Bonchev–Trinajstić information content (AvgIpc) is 2.97. The first-order valence-corrected chi connectivity index (χ1v) is 8.52. The molecular weight excluding hydrogens is 260 g/mol. The van der Waals surface area contributed by atoms with Gasteiger partial charge in [0.2, 0.25) is 0 Å². The van der Waals surface area contributed by atoms with Crippen LogP contribution in [0.5, 0.6) is 0 Å². The van der Waals surface area contributed by atoms with Crippen LogP contribution in [-0.4, -0.2) is 29.6 Å². The van der Waals surface area contributed by atoms with Crippen LogP contribution < -0.4 is 10.2 Å². The second kappa shape index (κ2) is 7.10. The van der Waals surface area contributed by atoms with E-state index in [1.807, 2.05) is 0 Å². The number of anilines is 2. The molecular formula is C17H30N4. The molecule has 1 N–H and O–H groups in total. The van der Waals surface area contributed by atoms with Crippen LogP contribution in [0, 0.1) is 5.41 Å². The molecule has 0 aromatic carbocycles. The van der Waals surface area contributed by atoms with E-state index in [1.165, 1.54) is 24.8 Å². The third-order valence-corrected chi connectivity index (χ3v) is 5.06. The van der Waals surface area contributed by atoms with Gasteiger partial charge < -0.3 is 10.2 Å². The summed E-state index contributed by atoms with van der Waals surface area (Å²) in [6, 6.07) is 0. The summed E-state index contributed by atoms with van der Waals surface area (Å²) in [7, 11) is 0. The minimum atomic E-state index is 0.479. The molecule has 4 nitrogen and oxygen atoms in total. The molecule has 0 amide bonds. The van der Waals surface area contributed by atoms with Crippen LogP contribution >= 0.6 is 0 Å². The molecule has 2 heterocycles. The van der Waals surface area contributed by atoms with Crippen molar-refractivity contribution in [1.82, 2.24) is 9.97 Å². The highest BCUT2D eigenvalue weighted by Gasteiger charge is 2.36. The quantitative estimate of drug-likeness (QED) is 0.827. The third kappa shape index (κ3) is 3.30. The highest BCUT2D eigenvalue weighted by molar-refractivity contribution is 5.59. The van der Waals surface area contributed by atoms with Crippen LogP contribution in [0.4, 0.5) is 11.6 Å². The maximum atomic E-state index is 4.61. The predicted octanol–water partition coefficient (Wildman–Crippen LogP) is 3.88. The lowest BCUT2D eigenvalue weighted by atomic mass is 9.82. The first-order valence-electron chi connectivity index (χ1n) is 8.52. The molecule has 1 saturated heterocycles. The standard InChI is InChI=1S/C17H30N4/c1-5-10-18-15-14(6-2)16(20-13-19-15)21-11-9-17(7-3,8-4)12-21/h13H,5-12H2,1-4H3,(H,18,19,20). The van der Waals surface area contributed by atoms with Crippen LogP contribution in [0.2, 0.25) is 0 Å². The van der Waals surface area contributed by atoms with Crippen molar-refractivity contribution in [1.29, 1.82) is 0 Å². The minimum absolute atomic E-state index is 0.479. The van der Waals surface area contributed by atoms with E-state index in [-0.39, 0.29) is 0 Å². The van der Waals surface area contributed by atoms with Gasteiger partial charge in [-0.25, -0.2) is 9.97 Å². The van der Waals surface area contributed by atoms with Crippen molar-refractivity contribution in [2.45, 2.75) is 59.8 Å². The van der Waals surface area contributed by atoms with Crippen LogP contribution in [0.25, 0.3) is 0 Å². The lowest BCUT2D eigenvalue weighted by molar-refractivity contribution is 0.301. The van der Waals surface area contributed by atoms with Crippen LogP contribution in [-0.2, 0) is 6.42 Å². The number of nitrogens with zero attached hydrogens (tertiary/aromatic N) is 3. The third-order valence-electron chi connectivity index (χ3n) is 5.06. The van der Waals surface area contributed by atoms with Crippen molar-refractivity contribution < 1.29 is 0 Å². The number of rotatable bonds is 7. The molecule has 1 aliphatic rings. The van der Waals surface area contributed by atoms with Crippen molar-refractivity contribution in [2.75, 3.05) is 29.9 Å². The van der Waals surface area contributed by atoms with Crippen molar-refractivity contribution in [2.24, 2.45) is 5.41 Å². The Balaban J connectivity index is 2.24. The van der Waals surface area contributed by atoms with Crippen LogP contribution in [0.3, 0.4) is 0 Å². The van der Waals surface area contributed by atoms with E-state index in [0.29, 0.717) is 5.41 Å². The number of hydrogen-bond donors (Lipinski definition) is 1. The van der Waals surface area contributed by atoms with Crippen LogP contribution in [0.15, 0.2) is 6.33 Å². The molecule has 0 spiro atoms. The van der Waals surface area contributed by atoms with Gasteiger partial charge in [-0.1, -0.05) is 27.7 Å². The van der Waals surface area contributed by atoms with Gasteiger partial charge in [-0.2, -0.15) is 0 Å². The molecule has 1 fully saturated rings. The van der Waals surface area contributed by atoms with Crippen molar-refractivity contribution >= 4 is 11.6 Å². The molecule has 0 bridgehead atoms. The Morgan fingerprint density at radius 1 is 1.19 bits per heavy atom.